The van der Waals surface area contributed by atoms with Crippen molar-refractivity contribution >= 4 is 11.8 Å². The van der Waals surface area contributed by atoms with Gasteiger partial charge in [0.2, 0.25) is 5.91 Å². The molecule has 5 nitrogen and oxygen atoms in total. The van der Waals surface area contributed by atoms with Gasteiger partial charge < -0.3 is 14.6 Å². The minimum absolute atomic E-state index is 0.0408. The summed E-state index contributed by atoms with van der Waals surface area (Å²) in [6.07, 6.45) is 1.78. The van der Waals surface area contributed by atoms with Gasteiger partial charge in [0.05, 0.1) is 11.8 Å². The molecular formula is C21H28N2O3. The van der Waals surface area contributed by atoms with Crippen molar-refractivity contribution in [2.24, 2.45) is 5.92 Å². The van der Waals surface area contributed by atoms with Crippen LogP contribution >= 0.6 is 0 Å². The van der Waals surface area contributed by atoms with E-state index < -0.39 is 0 Å². The molecule has 0 aliphatic carbocycles. The predicted octanol–water partition coefficient (Wildman–Crippen LogP) is 3.78. The Morgan fingerprint density at radius 2 is 1.81 bits per heavy atom. The van der Waals surface area contributed by atoms with Gasteiger partial charge in [-0.05, 0) is 31.4 Å². The van der Waals surface area contributed by atoms with Crippen molar-refractivity contribution in [3.63, 3.8) is 0 Å². The van der Waals surface area contributed by atoms with E-state index in [1.165, 1.54) is 6.26 Å². The summed E-state index contributed by atoms with van der Waals surface area (Å²) in [7, 11) is 0. The average molecular weight is 356 g/mol. The van der Waals surface area contributed by atoms with E-state index in [1.54, 1.807) is 17.9 Å². The Hall–Kier alpha value is -2.56. The molecule has 0 aliphatic rings. The molecule has 0 saturated heterocycles. The van der Waals surface area contributed by atoms with Crippen molar-refractivity contribution in [1.29, 1.82) is 0 Å². The summed E-state index contributed by atoms with van der Waals surface area (Å²) in [6, 6.07) is 11.6. The van der Waals surface area contributed by atoms with Gasteiger partial charge in [-0.25, -0.2) is 0 Å². The molecule has 2 aromatic rings. The van der Waals surface area contributed by atoms with Crippen LogP contribution in [0.2, 0.25) is 0 Å². The summed E-state index contributed by atoms with van der Waals surface area (Å²) in [4.78, 5) is 26.8. The Kier molecular flexibility index (Phi) is 7.01. The summed E-state index contributed by atoms with van der Waals surface area (Å²) in [5.74, 6) is 0.798. The van der Waals surface area contributed by atoms with Crippen molar-refractivity contribution in [3.8, 4) is 0 Å². The highest BCUT2D eigenvalue weighted by atomic mass is 16.3. The fraction of sp³-hybridized carbons (Fsp3) is 0.429. The van der Waals surface area contributed by atoms with Crippen LogP contribution in [0.3, 0.4) is 0 Å². The van der Waals surface area contributed by atoms with Crippen LogP contribution < -0.4 is 5.32 Å². The van der Waals surface area contributed by atoms with E-state index in [9.17, 15) is 9.59 Å². The van der Waals surface area contributed by atoms with E-state index in [4.69, 9.17) is 4.42 Å². The molecule has 2 rings (SSSR count). The molecule has 5 heteroatoms. The van der Waals surface area contributed by atoms with Gasteiger partial charge in [0.25, 0.3) is 5.91 Å². The molecule has 1 aromatic heterocycles. The lowest BCUT2D eigenvalue weighted by atomic mass is 10.1. The molecule has 0 aliphatic heterocycles. The van der Waals surface area contributed by atoms with Crippen LogP contribution in [-0.4, -0.2) is 29.3 Å². The number of benzene rings is 1. The maximum atomic E-state index is 12.9. The standard InChI is InChI=1S/C21H28N2O3/c1-15(2)16(3)22-20(24)10-12-23(14-18-8-6-5-7-9-18)21(25)19-11-13-26-17(19)4/h5-9,11,13,15-16H,10,12,14H2,1-4H3,(H,22,24). The van der Waals surface area contributed by atoms with Crippen molar-refractivity contribution < 1.29 is 14.0 Å². The molecule has 0 fully saturated rings. The summed E-state index contributed by atoms with van der Waals surface area (Å²) in [5, 5.41) is 2.99. The first kappa shape index (κ1) is 19.8. The Morgan fingerprint density at radius 3 is 2.38 bits per heavy atom. The van der Waals surface area contributed by atoms with Gasteiger partial charge in [-0.3, -0.25) is 9.59 Å². The molecule has 0 spiro atoms. The Balaban J connectivity index is 2.07. The van der Waals surface area contributed by atoms with Gasteiger partial charge in [-0.2, -0.15) is 0 Å². The molecule has 1 heterocycles. The van der Waals surface area contributed by atoms with E-state index in [0.29, 0.717) is 30.3 Å². The topological polar surface area (TPSA) is 62.6 Å². The van der Waals surface area contributed by atoms with Crippen LogP contribution in [0.1, 0.15) is 48.9 Å². The second kappa shape index (κ2) is 9.22. The molecule has 0 radical (unpaired) electrons. The maximum absolute atomic E-state index is 12.9. The lowest BCUT2D eigenvalue weighted by Crippen LogP contribution is -2.39. The van der Waals surface area contributed by atoms with Gasteiger partial charge >= 0.3 is 0 Å². The van der Waals surface area contributed by atoms with Gasteiger partial charge in [-0.15, -0.1) is 0 Å². The minimum atomic E-state index is -0.121. The predicted molar refractivity (Wildman–Crippen MR) is 102 cm³/mol. The van der Waals surface area contributed by atoms with Crippen LogP contribution in [0, 0.1) is 12.8 Å². The molecule has 1 unspecified atom stereocenters. The van der Waals surface area contributed by atoms with Gasteiger partial charge in [0, 0.05) is 25.6 Å². The number of nitrogens with one attached hydrogen (secondary N) is 1. The zero-order chi connectivity index (χ0) is 19.1. The number of aryl methyl sites for hydroxylation is 1. The normalized spacial score (nSPS) is 12.0. The van der Waals surface area contributed by atoms with Crippen molar-refractivity contribution in [2.75, 3.05) is 6.54 Å². The molecule has 2 amide bonds. The molecule has 0 saturated carbocycles. The van der Waals surface area contributed by atoms with E-state index in [-0.39, 0.29) is 24.3 Å². The molecule has 1 N–H and O–H groups in total. The van der Waals surface area contributed by atoms with Gasteiger partial charge in [-0.1, -0.05) is 44.2 Å². The number of carbonyl (C=O) groups is 2. The van der Waals surface area contributed by atoms with Gasteiger partial charge in [0.15, 0.2) is 0 Å². The summed E-state index contributed by atoms with van der Waals surface area (Å²) in [5.41, 5.74) is 1.56. The van der Waals surface area contributed by atoms with Crippen molar-refractivity contribution in [3.05, 3.63) is 59.5 Å². The Bertz CT molecular complexity index is 722. The van der Waals surface area contributed by atoms with Crippen molar-refractivity contribution in [2.45, 2.75) is 46.7 Å². The Labute approximate surface area is 155 Å². The molecule has 1 atom stereocenters. The zero-order valence-electron chi connectivity index (χ0n) is 16.0. The maximum Gasteiger partial charge on any atom is 0.257 e. The quantitative estimate of drug-likeness (QED) is 0.783. The van der Waals surface area contributed by atoms with E-state index in [0.717, 1.165) is 5.56 Å². The van der Waals surface area contributed by atoms with E-state index in [1.807, 2.05) is 37.3 Å². The largest absolute Gasteiger partial charge is 0.469 e. The number of furan rings is 1. The monoisotopic (exact) mass is 356 g/mol. The highest BCUT2D eigenvalue weighted by Gasteiger charge is 2.21. The molecule has 0 bridgehead atoms. The second-order valence-corrected chi connectivity index (χ2v) is 6.95. The van der Waals surface area contributed by atoms with Gasteiger partial charge in [0.1, 0.15) is 5.76 Å². The second-order valence-electron chi connectivity index (χ2n) is 6.95. The highest BCUT2D eigenvalue weighted by molar-refractivity contribution is 5.95. The van der Waals surface area contributed by atoms with E-state index in [2.05, 4.69) is 19.2 Å². The SMILES string of the molecule is Cc1occc1C(=O)N(CCC(=O)NC(C)C(C)C)Cc1ccccc1. The first-order valence-electron chi connectivity index (χ1n) is 9.05. The fourth-order valence-electron chi connectivity index (χ4n) is 2.56. The van der Waals surface area contributed by atoms with Crippen LogP contribution in [0.4, 0.5) is 0 Å². The lowest BCUT2D eigenvalue weighted by molar-refractivity contribution is -0.122. The number of hydrogen-bond acceptors (Lipinski definition) is 3. The molecule has 26 heavy (non-hydrogen) atoms. The van der Waals surface area contributed by atoms with Crippen LogP contribution in [-0.2, 0) is 11.3 Å². The third-order valence-corrected chi connectivity index (χ3v) is 4.59. The average Bonchev–Trinajstić information content (AvgIpc) is 3.04. The Morgan fingerprint density at radius 1 is 1.12 bits per heavy atom. The summed E-state index contributed by atoms with van der Waals surface area (Å²) in [6.45, 7) is 8.71. The number of amides is 2. The number of carbonyl (C=O) groups excluding carboxylic acids is 2. The van der Waals surface area contributed by atoms with E-state index >= 15 is 0 Å². The van der Waals surface area contributed by atoms with Crippen molar-refractivity contribution in [1.82, 2.24) is 10.2 Å². The highest BCUT2D eigenvalue weighted by Crippen LogP contribution is 2.15. The number of hydrogen-bond donors (Lipinski definition) is 1. The number of rotatable bonds is 8. The zero-order valence-corrected chi connectivity index (χ0v) is 16.0. The summed E-state index contributed by atoms with van der Waals surface area (Å²) < 4.78 is 5.26. The number of nitrogens with zero attached hydrogens (tertiary/aromatic N) is 1. The first-order valence-corrected chi connectivity index (χ1v) is 9.05. The smallest absolute Gasteiger partial charge is 0.257 e. The van der Waals surface area contributed by atoms with Crippen LogP contribution in [0.5, 0.6) is 0 Å². The molecule has 140 valence electrons. The summed E-state index contributed by atoms with van der Waals surface area (Å²) >= 11 is 0. The minimum Gasteiger partial charge on any atom is -0.469 e. The third kappa shape index (κ3) is 5.48. The molecule has 1 aromatic carbocycles. The fourth-order valence-corrected chi connectivity index (χ4v) is 2.56. The third-order valence-electron chi connectivity index (χ3n) is 4.59. The molecular weight excluding hydrogens is 328 g/mol. The lowest BCUT2D eigenvalue weighted by Gasteiger charge is -2.23. The van der Waals surface area contributed by atoms with Crippen LogP contribution in [0.15, 0.2) is 47.1 Å². The van der Waals surface area contributed by atoms with Crippen LogP contribution in [0.25, 0.3) is 0 Å². The first-order chi connectivity index (χ1) is 12.4.